The number of carbonyl (C=O) groups excluding carboxylic acids is 2. The van der Waals surface area contributed by atoms with Crippen LogP contribution in [0.2, 0.25) is 0 Å². The summed E-state index contributed by atoms with van der Waals surface area (Å²) in [6.45, 7) is 7.59. The molecule has 0 aromatic rings. The maximum atomic E-state index is 12.1. The fraction of sp³-hybridized carbons (Fsp3) is 0.867. The van der Waals surface area contributed by atoms with Crippen LogP contribution in [0.4, 0.5) is 0 Å². The topological polar surface area (TPSA) is 70.7 Å². The molecule has 0 radical (unpaired) electrons. The highest BCUT2D eigenvalue weighted by atomic mass is 16.5. The molecule has 1 unspecified atom stereocenters. The van der Waals surface area contributed by atoms with E-state index in [1.807, 2.05) is 0 Å². The second-order valence-corrected chi connectivity index (χ2v) is 5.94. The molecule has 6 heteroatoms. The van der Waals surface area contributed by atoms with Crippen LogP contribution < -0.4 is 10.6 Å². The lowest BCUT2D eigenvalue weighted by molar-refractivity contribution is -0.148. The molecule has 0 aliphatic carbocycles. The molecule has 2 aliphatic heterocycles. The highest BCUT2D eigenvalue weighted by molar-refractivity contribution is 6.35. The first-order chi connectivity index (χ1) is 10.1. The van der Waals surface area contributed by atoms with E-state index in [-0.39, 0.29) is 11.6 Å². The molecule has 0 spiro atoms. The number of carbonyl (C=O) groups is 2. The van der Waals surface area contributed by atoms with Crippen LogP contribution in [0.15, 0.2) is 0 Å². The van der Waals surface area contributed by atoms with Crippen molar-refractivity contribution >= 4 is 11.8 Å². The molecule has 0 bridgehead atoms. The van der Waals surface area contributed by atoms with Crippen molar-refractivity contribution < 1.29 is 14.3 Å². The Kier molecular flexibility index (Phi) is 5.58. The van der Waals surface area contributed by atoms with Crippen LogP contribution in [0.5, 0.6) is 0 Å². The van der Waals surface area contributed by atoms with Crippen LogP contribution >= 0.6 is 0 Å². The Balaban J connectivity index is 1.88. The Morgan fingerprint density at radius 1 is 1.29 bits per heavy atom. The summed E-state index contributed by atoms with van der Waals surface area (Å²) in [6, 6.07) is 0.0398. The van der Waals surface area contributed by atoms with Gasteiger partial charge in [-0.05, 0) is 25.7 Å². The van der Waals surface area contributed by atoms with Crippen molar-refractivity contribution in [2.75, 3.05) is 32.8 Å². The molecule has 2 aliphatic rings. The van der Waals surface area contributed by atoms with Crippen molar-refractivity contribution in [2.24, 2.45) is 0 Å². The summed E-state index contributed by atoms with van der Waals surface area (Å²) in [5, 5.41) is 6.08. The molecule has 2 heterocycles. The summed E-state index contributed by atoms with van der Waals surface area (Å²) in [5.74, 6) is -0.869. The zero-order chi connectivity index (χ0) is 15.3. The van der Waals surface area contributed by atoms with Crippen LogP contribution in [0.3, 0.4) is 0 Å². The van der Waals surface area contributed by atoms with Gasteiger partial charge in [0.25, 0.3) is 0 Å². The van der Waals surface area contributed by atoms with Gasteiger partial charge in [-0.25, -0.2) is 0 Å². The zero-order valence-corrected chi connectivity index (χ0v) is 13.1. The van der Waals surface area contributed by atoms with Gasteiger partial charge < -0.3 is 20.3 Å². The summed E-state index contributed by atoms with van der Waals surface area (Å²) in [7, 11) is 0. The van der Waals surface area contributed by atoms with Crippen molar-refractivity contribution in [3.63, 3.8) is 0 Å². The van der Waals surface area contributed by atoms with Gasteiger partial charge in [0.15, 0.2) is 0 Å². The summed E-state index contributed by atoms with van der Waals surface area (Å²) in [5.41, 5.74) is -0.145. The maximum absolute atomic E-state index is 12.1. The number of hydrogen-bond acceptors (Lipinski definition) is 4. The number of amides is 2. The Morgan fingerprint density at radius 3 is 2.57 bits per heavy atom. The minimum Gasteiger partial charge on any atom is -0.375 e. The van der Waals surface area contributed by atoms with Crippen LogP contribution in [0, 0.1) is 0 Å². The van der Waals surface area contributed by atoms with Gasteiger partial charge in [0.05, 0.1) is 5.60 Å². The Labute approximate surface area is 126 Å². The second-order valence-electron chi connectivity index (χ2n) is 5.94. The summed E-state index contributed by atoms with van der Waals surface area (Å²) in [6.07, 6.45) is 3.44. The lowest BCUT2D eigenvalue weighted by Crippen LogP contribution is -2.54. The zero-order valence-electron chi connectivity index (χ0n) is 13.1. The minimum absolute atomic E-state index is 0.0398. The van der Waals surface area contributed by atoms with Gasteiger partial charge in [-0.1, -0.05) is 13.8 Å². The molecule has 0 saturated carbocycles. The standard InChI is InChI=1S/C15H27N3O3/c1-3-15(4-2)11-12(5-10-21-15)17-13(19)14(20)18-8-6-16-7-9-18/h12,16H,3-11H2,1-2H3,(H,17,19). The molecule has 2 fully saturated rings. The van der Waals surface area contributed by atoms with E-state index in [4.69, 9.17) is 4.74 Å². The molecule has 0 aromatic carbocycles. The van der Waals surface area contributed by atoms with Crippen molar-refractivity contribution in [3.8, 4) is 0 Å². The molecular formula is C15H27N3O3. The number of nitrogens with one attached hydrogen (secondary N) is 2. The Morgan fingerprint density at radius 2 is 1.95 bits per heavy atom. The quantitative estimate of drug-likeness (QED) is 0.734. The van der Waals surface area contributed by atoms with E-state index in [0.717, 1.165) is 38.8 Å². The minimum atomic E-state index is -0.468. The van der Waals surface area contributed by atoms with Gasteiger partial charge in [0, 0.05) is 38.8 Å². The van der Waals surface area contributed by atoms with Gasteiger partial charge >= 0.3 is 11.8 Å². The average Bonchev–Trinajstić information content (AvgIpc) is 2.55. The molecule has 2 saturated heterocycles. The van der Waals surface area contributed by atoms with Crippen molar-refractivity contribution in [1.29, 1.82) is 0 Å². The smallest absolute Gasteiger partial charge is 0.311 e. The number of hydrogen-bond donors (Lipinski definition) is 2. The molecule has 2 amide bonds. The molecule has 120 valence electrons. The summed E-state index contributed by atoms with van der Waals surface area (Å²) in [4.78, 5) is 25.9. The Bertz CT molecular complexity index is 376. The van der Waals surface area contributed by atoms with Crippen molar-refractivity contribution in [3.05, 3.63) is 0 Å². The lowest BCUT2D eigenvalue weighted by atomic mass is 9.86. The van der Waals surface area contributed by atoms with Gasteiger partial charge in [-0.3, -0.25) is 9.59 Å². The third-order valence-electron chi connectivity index (χ3n) is 4.72. The fourth-order valence-electron chi connectivity index (χ4n) is 3.15. The lowest BCUT2D eigenvalue weighted by Gasteiger charge is -2.40. The molecule has 21 heavy (non-hydrogen) atoms. The number of piperazine rings is 1. The first-order valence-electron chi connectivity index (χ1n) is 8.04. The predicted molar refractivity (Wildman–Crippen MR) is 79.9 cm³/mol. The highest BCUT2D eigenvalue weighted by Crippen LogP contribution is 2.31. The third-order valence-corrected chi connectivity index (χ3v) is 4.72. The normalized spacial score (nSPS) is 25.4. The van der Waals surface area contributed by atoms with E-state index >= 15 is 0 Å². The van der Waals surface area contributed by atoms with E-state index in [1.165, 1.54) is 0 Å². The van der Waals surface area contributed by atoms with E-state index in [2.05, 4.69) is 24.5 Å². The predicted octanol–water partition coefficient (Wildman–Crippen LogP) is 0.272. The first kappa shape index (κ1) is 16.2. The number of rotatable bonds is 3. The van der Waals surface area contributed by atoms with Crippen LogP contribution in [-0.2, 0) is 14.3 Å². The second kappa shape index (κ2) is 7.22. The van der Waals surface area contributed by atoms with Crippen molar-refractivity contribution in [2.45, 2.75) is 51.2 Å². The van der Waals surface area contributed by atoms with E-state index in [9.17, 15) is 9.59 Å². The molecule has 1 atom stereocenters. The van der Waals surface area contributed by atoms with Crippen LogP contribution in [-0.4, -0.2) is 61.1 Å². The first-order valence-corrected chi connectivity index (χ1v) is 8.04. The summed E-state index contributed by atoms with van der Waals surface area (Å²) >= 11 is 0. The monoisotopic (exact) mass is 297 g/mol. The average molecular weight is 297 g/mol. The van der Waals surface area contributed by atoms with E-state index in [0.29, 0.717) is 19.7 Å². The molecular weight excluding hydrogens is 270 g/mol. The van der Waals surface area contributed by atoms with Gasteiger partial charge in [-0.2, -0.15) is 0 Å². The molecule has 2 N–H and O–H groups in total. The SMILES string of the molecule is CCC1(CC)CC(NC(=O)C(=O)N2CCNCC2)CCO1. The number of ether oxygens (including phenoxy) is 1. The van der Waals surface area contributed by atoms with Crippen molar-refractivity contribution in [1.82, 2.24) is 15.5 Å². The van der Waals surface area contributed by atoms with Crippen LogP contribution in [0.1, 0.15) is 39.5 Å². The van der Waals surface area contributed by atoms with E-state index in [1.54, 1.807) is 4.90 Å². The largest absolute Gasteiger partial charge is 0.375 e. The van der Waals surface area contributed by atoms with Crippen LogP contribution in [0.25, 0.3) is 0 Å². The maximum Gasteiger partial charge on any atom is 0.311 e. The summed E-state index contributed by atoms with van der Waals surface area (Å²) < 4.78 is 5.90. The molecule has 0 aromatic heterocycles. The fourth-order valence-corrected chi connectivity index (χ4v) is 3.15. The molecule has 2 rings (SSSR count). The van der Waals surface area contributed by atoms with E-state index < -0.39 is 11.8 Å². The number of nitrogens with zero attached hydrogens (tertiary/aromatic N) is 1. The highest BCUT2D eigenvalue weighted by Gasteiger charge is 2.36. The molecule has 6 nitrogen and oxygen atoms in total. The van der Waals surface area contributed by atoms with Gasteiger partial charge in [-0.15, -0.1) is 0 Å². The Hall–Kier alpha value is -1.14. The van der Waals surface area contributed by atoms with Gasteiger partial charge in [0.2, 0.25) is 0 Å². The third kappa shape index (κ3) is 3.95. The van der Waals surface area contributed by atoms with Gasteiger partial charge in [0.1, 0.15) is 0 Å².